The molecule has 0 radical (unpaired) electrons. The van der Waals surface area contributed by atoms with E-state index in [0.717, 1.165) is 31.4 Å². The Balaban J connectivity index is 1.52. The van der Waals surface area contributed by atoms with Crippen molar-refractivity contribution in [3.05, 3.63) is 34.7 Å². The quantitative estimate of drug-likeness (QED) is 0.856. The minimum absolute atomic E-state index is 0.0939. The van der Waals surface area contributed by atoms with E-state index in [1.165, 1.54) is 36.8 Å². The summed E-state index contributed by atoms with van der Waals surface area (Å²) in [6, 6.07) is 1.91. The summed E-state index contributed by atoms with van der Waals surface area (Å²) < 4.78 is 0. The van der Waals surface area contributed by atoms with E-state index in [1.54, 1.807) is 0 Å². The van der Waals surface area contributed by atoms with E-state index in [1.807, 2.05) is 6.07 Å². The Labute approximate surface area is 119 Å². The smallest absolute Gasteiger partial charge is 0.271 e. The van der Waals surface area contributed by atoms with Crippen LogP contribution in [0.15, 0.2) is 17.7 Å². The second-order valence-corrected chi connectivity index (χ2v) is 5.67. The van der Waals surface area contributed by atoms with Gasteiger partial charge in [-0.1, -0.05) is 11.6 Å². The van der Waals surface area contributed by atoms with E-state index in [0.29, 0.717) is 12.2 Å². The minimum atomic E-state index is -0.0939. The van der Waals surface area contributed by atoms with Crippen molar-refractivity contribution in [3.8, 4) is 0 Å². The third-order valence-electron chi connectivity index (χ3n) is 4.17. The van der Waals surface area contributed by atoms with E-state index < -0.39 is 0 Å². The third-order valence-corrected chi connectivity index (χ3v) is 4.17. The van der Waals surface area contributed by atoms with Gasteiger partial charge >= 0.3 is 0 Å². The van der Waals surface area contributed by atoms with Crippen molar-refractivity contribution in [3.63, 3.8) is 0 Å². The first-order valence-electron chi connectivity index (χ1n) is 7.64. The van der Waals surface area contributed by atoms with Gasteiger partial charge in [0.25, 0.3) is 5.91 Å². The highest BCUT2D eigenvalue weighted by atomic mass is 16.1. The van der Waals surface area contributed by atoms with Gasteiger partial charge in [0, 0.05) is 6.54 Å². The van der Waals surface area contributed by atoms with Gasteiger partial charge in [-0.3, -0.25) is 4.79 Å². The molecule has 1 N–H and O–H groups in total. The molecule has 0 saturated heterocycles. The first-order valence-corrected chi connectivity index (χ1v) is 7.64. The number of allylic oxidation sites excluding steroid dienone is 1. The van der Waals surface area contributed by atoms with Crippen LogP contribution in [-0.2, 0) is 12.8 Å². The van der Waals surface area contributed by atoms with E-state index >= 15 is 0 Å². The first kappa shape index (κ1) is 13.3. The van der Waals surface area contributed by atoms with Crippen LogP contribution in [0, 0.1) is 0 Å². The van der Waals surface area contributed by atoms with Gasteiger partial charge in [0.2, 0.25) is 0 Å². The van der Waals surface area contributed by atoms with Crippen LogP contribution in [0.25, 0.3) is 0 Å². The first-order chi connectivity index (χ1) is 9.83. The number of amides is 1. The number of hydrogen-bond donors (Lipinski definition) is 1. The van der Waals surface area contributed by atoms with Crippen LogP contribution < -0.4 is 5.32 Å². The van der Waals surface area contributed by atoms with Crippen LogP contribution in [0.1, 0.15) is 60.3 Å². The number of aromatic nitrogens is 2. The Morgan fingerprint density at radius 2 is 2.10 bits per heavy atom. The number of carbonyl (C=O) groups excluding carboxylic acids is 1. The van der Waals surface area contributed by atoms with E-state index in [9.17, 15) is 4.79 Å². The van der Waals surface area contributed by atoms with Crippen LogP contribution in [-0.4, -0.2) is 22.6 Å². The largest absolute Gasteiger partial charge is 0.350 e. The lowest BCUT2D eigenvalue weighted by Gasteiger charge is -2.12. The lowest BCUT2D eigenvalue weighted by atomic mass is 9.97. The number of fused-ring (bicyclic) bond motifs is 1. The van der Waals surface area contributed by atoms with Crippen LogP contribution in [0.4, 0.5) is 0 Å². The van der Waals surface area contributed by atoms with Crippen LogP contribution in [0.2, 0.25) is 0 Å². The van der Waals surface area contributed by atoms with E-state index in [2.05, 4.69) is 21.6 Å². The molecular weight excluding hydrogens is 250 g/mol. The van der Waals surface area contributed by atoms with Gasteiger partial charge in [-0.2, -0.15) is 5.10 Å². The van der Waals surface area contributed by atoms with Crippen molar-refractivity contribution >= 4 is 5.91 Å². The van der Waals surface area contributed by atoms with Gasteiger partial charge in [0.15, 0.2) is 5.69 Å². The summed E-state index contributed by atoms with van der Waals surface area (Å²) >= 11 is 0. The molecular formula is C16H21N3O. The molecule has 0 atom stereocenters. The number of hydrogen-bond acceptors (Lipinski definition) is 3. The maximum Gasteiger partial charge on any atom is 0.271 e. The van der Waals surface area contributed by atoms with Crippen molar-refractivity contribution in [2.24, 2.45) is 0 Å². The molecule has 0 unspecified atom stereocenters. The summed E-state index contributed by atoms with van der Waals surface area (Å²) in [4.78, 5) is 12.1. The predicted octanol–water partition coefficient (Wildman–Crippen LogP) is 2.59. The lowest BCUT2D eigenvalue weighted by molar-refractivity contribution is 0.0948. The highest BCUT2D eigenvalue weighted by molar-refractivity contribution is 5.92. The molecule has 0 fully saturated rings. The fourth-order valence-corrected chi connectivity index (χ4v) is 3.00. The van der Waals surface area contributed by atoms with E-state index in [4.69, 9.17) is 0 Å². The molecule has 4 nitrogen and oxygen atoms in total. The molecule has 1 aromatic rings. The Hall–Kier alpha value is -1.71. The van der Waals surface area contributed by atoms with Gasteiger partial charge in [0.05, 0.1) is 5.69 Å². The van der Waals surface area contributed by atoms with Gasteiger partial charge in [-0.25, -0.2) is 0 Å². The lowest BCUT2D eigenvalue weighted by Crippen LogP contribution is -2.26. The zero-order valence-corrected chi connectivity index (χ0v) is 11.8. The van der Waals surface area contributed by atoms with E-state index in [-0.39, 0.29) is 5.91 Å². The van der Waals surface area contributed by atoms with Crippen molar-refractivity contribution in [1.82, 2.24) is 15.5 Å². The maximum atomic E-state index is 12.1. The Kier molecular flexibility index (Phi) is 4.09. The molecule has 2 aliphatic carbocycles. The Morgan fingerprint density at radius 1 is 1.15 bits per heavy atom. The van der Waals surface area contributed by atoms with Crippen molar-refractivity contribution in [2.75, 3.05) is 6.54 Å². The number of nitrogens with one attached hydrogen (secondary N) is 1. The van der Waals surface area contributed by atoms with Crippen molar-refractivity contribution < 1.29 is 4.79 Å². The van der Waals surface area contributed by atoms with Gasteiger partial charge < -0.3 is 5.32 Å². The molecule has 0 saturated carbocycles. The van der Waals surface area contributed by atoms with Gasteiger partial charge in [-0.15, -0.1) is 5.10 Å². The topological polar surface area (TPSA) is 54.9 Å². The predicted molar refractivity (Wildman–Crippen MR) is 77.6 cm³/mol. The second-order valence-electron chi connectivity index (χ2n) is 5.67. The summed E-state index contributed by atoms with van der Waals surface area (Å²) in [6.07, 6.45) is 11.4. The Morgan fingerprint density at radius 3 is 2.95 bits per heavy atom. The molecule has 20 heavy (non-hydrogen) atoms. The maximum absolute atomic E-state index is 12.1. The van der Waals surface area contributed by atoms with Crippen LogP contribution in [0.3, 0.4) is 0 Å². The van der Waals surface area contributed by atoms with Gasteiger partial charge in [-0.05, 0) is 63.0 Å². The summed E-state index contributed by atoms with van der Waals surface area (Å²) in [7, 11) is 0. The Bertz CT molecular complexity index is 537. The molecule has 4 heteroatoms. The molecule has 106 valence electrons. The van der Waals surface area contributed by atoms with Crippen molar-refractivity contribution in [1.29, 1.82) is 0 Å². The molecule has 2 aliphatic rings. The molecule has 1 amide bonds. The average molecular weight is 271 g/mol. The van der Waals surface area contributed by atoms with Crippen molar-refractivity contribution in [2.45, 2.75) is 51.4 Å². The number of aryl methyl sites for hydroxylation is 2. The third kappa shape index (κ3) is 3.06. The normalized spacial score (nSPS) is 17.5. The molecule has 1 aromatic heterocycles. The number of carbonyl (C=O) groups is 1. The average Bonchev–Trinajstić information content (AvgIpc) is 2.95. The summed E-state index contributed by atoms with van der Waals surface area (Å²) in [6.45, 7) is 0.698. The van der Waals surface area contributed by atoms with Gasteiger partial charge in [0.1, 0.15) is 0 Å². The molecule has 3 rings (SSSR count). The van der Waals surface area contributed by atoms with Crippen LogP contribution in [0.5, 0.6) is 0 Å². The summed E-state index contributed by atoms with van der Waals surface area (Å²) in [5.74, 6) is -0.0939. The standard InChI is InChI=1S/C16H21N3O/c20-16(17-10-9-12-5-2-1-3-6-12)15-11-13-7-4-8-14(13)18-19-15/h5,11H,1-4,6-10H2,(H,17,20). The number of rotatable bonds is 4. The zero-order valence-electron chi connectivity index (χ0n) is 11.8. The number of nitrogens with zero attached hydrogens (tertiary/aromatic N) is 2. The molecule has 0 spiro atoms. The fraction of sp³-hybridized carbons (Fsp3) is 0.562. The SMILES string of the molecule is O=C(NCCC1=CCCCC1)c1cc2c(nn1)CCC2. The zero-order chi connectivity index (χ0) is 13.8. The van der Waals surface area contributed by atoms with Crippen LogP contribution >= 0.6 is 0 Å². The summed E-state index contributed by atoms with van der Waals surface area (Å²) in [5.41, 5.74) is 4.20. The highest BCUT2D eigenvalue weighted by Crippen LogP contribution is 2.20. The molecule has 0 bridgehead atoms. The molecule has 1 heterocycles. The summed E-state index contributed by atoms with van der Waals surface area (Å²) in [5, 5.41) is 11.2. The fourth-order valence-electron chi connectivity index (χ4n) is 3.00. The highest BCUT2D eigenvalue weighted by Gasteiger charge is 2.16. The monoisotopic (exact) mass is 271 g/mol. The second kappa shape index (κ2) is 6.16. The molecule has 0 aromatic carbocycles. The molecule has 0 aliphatic heterocycles. The minimum Gasteiger partial charge on any atom is -0.350 e.